The van der Waals surface area contributed by atoms with Crippen LogP contribution in [0.5, 0.6) is 0 Å². The molecule has 0 atom stereocenters. The number of rotatable bonds is 6. The zero-order valence-electron chi connectivity index (χ0n) is 16.4. The topological polar surface area (TPSA) is 102 Å². The average molecular weight is 424 g/mol. The van der Waals surface area contributed by atoms with E-state index in [0.717, 1.165) is 0 Å². The molecule has 0 spiro atoms. The van der Waals surface area contributed by atoms with Gasteiger partial charge in [-0.15, -0.1) is 0 Å². The first-order valence-corrected chi connectivity index (χ1v) is 10.5. The van der Waals surface area contributed by atoms with E-state index in [9.17, 15) is 18.0 Å². The molecular weight excluding hydrogens is 404 g/mol. The second-order valence-corrected chi connectivity index (χ2v) is 8.12. The summed E-state index contributed by atoms with van der Waals surface area (Å²) in [7, 11) is -2.47. The number of aryl methyl sites for hydroxylation is 1. The number of amides is 1. The third-order valence-electron chi connectivity index (χ3n) is 4.37. The number of anilines is 2. The molecule has 0 saturated carbocycles. The van der Waals surface area contributed by atoms with Gasteiger partial charge in [0.1, 0.15) is 0 Å². The zero-order chi connectivity index (χ0) is 21.7. The van der Waals surface area contributed by atoms with Gasteiger partial charge in [0, 0.05) is 5.56 Å². The summed E-state index contributed by atoms with van der Waals surface area (Å²) < 4.78 is 32.3. The van der Waals surface area contributed by atoms with Gasteiger partial charge in [-0.05, 0) is 55.0 Å². The summed E-state index contributed by atoms with van der Waals surface area (Å²) >= 11 is 0. The van der Waals surface area contributed by atoms with E-state index < -0.39 is 21.9 Å². The predicted octanol–water partition coefficient (Wildman–Crippen LogP) is 3.83. The fraction of sp³-hybridized carbons (Fsp3) is 0.0909. The van der Waals surface area contributed by atoms with E-state index in [-0.39, 0.29) is 10.5 Å². The Kier molecular flexibility index (Phi) is 6.17. The summed E-state index contributed by atoms with van der Waals surface area (Å²) in [6, 6.07) is 19.1. The van der Waals surface area contributed by atoms with Crippen LogP contribution < -0.4 is 10.0 Å². The van der Waals surface area contributed by atoms with Crippen LogP contribution in [0.15, 0.2) is 77.7 Å². The van der Waals surface area contributed by atoms with E-state index in [1.807, 2.05) is 0 Å². The molecule has 0 aliphatic carbocycles. The van der Waals surface area contributed by atoms with Gasteiger partial charge in [-0.2, -0.15) is 0 Å². The number of carbonyl (C=O) groups excluding carboxylic acids is 2. The molecule has 154 valence electrons. The Morgan fingerprint density at radius 1 is 0.867 bits per heavy atom. The summed E-state index contributed by atoms with van der Waals surface area (Å²) in [5, 5.41) is 2.68. The number of carbonyl (C=O) groups is 2. The molecule has 0 radical (unpaired) electrons. The van der Waals surface area contributed by atoms with Crippen LogP contribution >= 0.6 is 0 Å². The zero-order valence-corrected chi connectivity index (χ0v) is 17.2. The number of benzene rings is 3. The Morgan fingerprint density at radius 2 is 1.53 bits per heavy atom. The van der Waals surface area contributed by atoms with E-state index in [2.05, 4.69) is 10.0 Å². The van der Waals surface area contributed by atoms with Crippen LogP contribution in [0.25, 0.3) is 0 Å². The highest BCUT2D eigenvalue weighted by Crippen LogP contribution is 2.22. The number of methoxy groups -OCH3 is 1. The highest BCUT2D eigenvalue weighted by Gasteiger charge is 2.17. The minimum atomic E-state index is -3.74. The number of nitrogens with one attached hydrogen (secondary N) is 2. The number of hydrogen-bond donors (Lipinski definition) is 2. The summed E-state index contributed by atoms with van der Waals surface area (Å²) in [5.74, 6) is -1.00. The molecule has 0 heterocycles. The molecule has 2 N–H and O–H groups in total. The van der Waals surface area contributed by atoms with Gasteiger partial charge in [0.05, 0.1) is 28.9 Å². The molecule has 0 fully saturated rings. The molecule has 0 aromatic heterocycles. The molecule has 3 aromatic carbocycles. The van der Waals surface area contributed by atoms with Crippen LogP contribution in [-0.4, -0.2) is 27.4 Å². The highest BCUT2D eigenvalue weighted by atomic mass is 32.2. The van der Waals surface area contributed by atoms with Crippen LogP contribution in [0.2, 0.25) is 0 Å². The Labute approximate surface area is 174 Å². The van der Waals surface area contributed by atoms with Gasteiger partial charge in [-0.3, -0.25) is 9.52 Å². The largest absolute Gasteiger partial charge is 0.465 e. The van der Waals surface area contributed by atoms with Crippen molar-refractivity contribution in [1.29, 1.82) is 0 Å². The Hall–Kier alpha value is -3.65. The molecule has 3 rings (SSSR count). The van der Waals surface area contributed by atoms with E-state index in [4.69, 9.17) is 4.74 Å². The molecule has 3 aromatic rings. The smallest absolute Gasteiger partial charge is 0.339 e. The SMILES string of the molecule is COC(=O)c1ccccc1NC(=O)c1ccc(NS(=O)(=O)c2ccccc2)c(C)c1. The van der Waals surface area contributed by atoms with Gasteiger partial charge in [0.2, 0.25) is 0 Å². The lowest BCUT2D eigenvalue weighted by Crippen LogP contribution is -2.16. The van der Waals surface area contributed by atoms with Crippen molar-refractivity contribution < 1.29 is 22.7 Å². The average Bonchev–Trinajstić information content (AvgIpc) is 2.75. The summed E-state index contributed by atoms with van der Waals surface area (Å²) in [6.07, 6.45) is 0. The van der Waals surface area contributed by atoms with Crippen molar-refractivity contribution in [1.82, 2.24) is 0 Å². The molecule has 0 aliphatic rings. The third-order valence-corrected chi connectivity index (χ3v) is 5.75. The number of sulfonamides is 1. The summed E-state index contributed by atoms with van der Waals surface area (Å²) in [5.41, 5.74) is 1.81. The highest BCUT2D eigenvalue weighted by molar-refractivity contribution is 7.92. The van der Waals surface area contributed by atoms with Gasteiger partial charge in [0.25, 0.3) is 15.9 Å². The first-order chi connectivity index (χ1) is 14.3. The van der Waals surface area contributed by atoms with E-state index >= 15 is 0 Å². The Bertz CT molecular complexity index is 1190. The molecule has 0 unspecified atom stereocenters. The minimum absolute atomic E-state index is 0.144. The number of esters is 1. The first-order valence-electron chi connectivity index (χ1n) is 8.99. The van der Waals surface area contributed by atoms with Gasteiger partial charge in [-0.25, -0.2) is 13.2 Å². The lowest BCUT2D eigenvalue weighted by atomic mass is 10.1. The predicted molar refractivity (Wildman–Crippen MR) is 114 cm³/mol. The standard InChI is InChI=1S/C22H20N2O5S/c1-15-14-16(21(25)23-20-11-7-6-10-18(20)22(26)29-2)12-13-19(15)24-30(27,28)17-8-4-3-5-9-17/h3-14,24H,1-2H3,(H,23,25). The van der Waals surface area contributed by atoms with Crippen molar-refractivity contribution in [3.63, 3.8) is 0 Å². The monoisotopic (exact) mass is 424 g/mol. The molecule has 0 saturated heterocycles. The van der Waals surface area contributed by atoms with Crippen LogP contribution in [-0.2, 0) is 14.8 Å². The van der Waals surface area contributed by atoms with Crippen molar-refractivity contribution in [3.8, 4) is 0 Å². The van der Waals surface area contributed by atoms with E-state index in [1.54, 1.807) is 55.5 Å². The maximum Gasteiger partial charge on any atom is 0.339 e. The van der Waals surface area contributed by atoms with Gasteiger partial charge >= 0.3 is 5.97 Å². The van der Waals surface area contributed by atoms with Crippen LogP contribution in [0.1, 0.15) is 26.3 Å². The van der Waals surface area contributed by atoms with Crippen LogP contribution in [0, 0.1) is 6.92 Å². The van der Waals surface area contributed by atoms with Gasteiger partial charge in [0.15, 0.2) is 0 Å². The van der Waals surface area contributed by atoms with Crippen molar-refractivity contribution in [3.05, 3.63) is 89.5 Å². The van der Waals surface area contributed by atoms with Crippen molar-refractivity contribution in [2.45, 2.75) is 11.8 Å². The maximum absolute atomic E-state index is 12.6. The molecule has 30 heavy (non-hydrogen) atoms. The van der Waals surface area contributed by atoms with Crippen molar-refractivity contribution in [2.24, 2.45) is 0 Å². The van der Waals surface area contributed by atoms with Crippen LogP contribution in [0.4, 0.5) is 11.4 Å². The molecule has 7 nitrogen and oxygen atoms in total. The number of ether oxygens (including phenoxy) is 1. The van der Waals surface area contributed by atoms with E-state index in [1.165, 1.54) is 31.4 Å². The molecular formula is C22H20N2O5S. The maximum atomic E-state index is 12.6. The van der Waals surface area contributed by atoms with Gasteiger partial charge in [-0.1, -0.05) is 30.3 Å². The second kappa shape index (κ2) is 8.79. The fourth-order valence-corrected chi connectivity index (χ4v) is 3.95. The van der Waals surface area contributed by atoms with Crippen LogP contribution in [0.3, 0.4) is 0 Å². The normalized spacial score (nSPS) is 10.9. The Balaban J connectivity index is 1.81. The summed E-state index contributed by atoms with van der Waals surface area (Å²) in [6.45, 7) is 1.70. The molecule has 0 aliphatic heterocycles. The van der Waals surface area contributed by atoms with Gasteiger partial charge < -0.3 is 10.1 Å². The fourth-order valence-electron chi connectivity index (χ4n) is 2.80. The molecule has 8 heteroatoms. The minimum Gasteiger partial charge on any atom is -0.465 e. The third kappa shape index (κ3) is 4.66. The summed E-state index contributed by atoms with van der Waals surface area (Å²) in [4.78, 5) is 24.7. The Morgan fingerprint density at radius 3 is 2.20 bits per heavy atom. The van der Waals surface area contributed by atoms with Crippen molar-refractivity contribution in [2.75, 3.05) is 17.1 Å². The second-order valence-electron chi connectivity index (χ2n) is 6.44. The lowest BCUT2D eigenvalue weighted by molar-refractivity contribution is 0.0602. The lowest BCUT2D eigenvalue weighted by Gasteiger charge is -2.13. The van der Waals surface area contributed by atoms with Crippen molar-refractivity contribution >= 4 is 33.3 Å². The first kappa shape index (κ1) is 21.1. The number of hydrogen-bond acceptors (Lipinski definition) is 5. The molecule has 0 bridgehead atoms. The number of para-hydroxylation sites is 1. The van der Waals surface area contributed by atoms with E-state index in [0.29, 0.717) is 22.5 Å². The molecule has 1 amide bonds. The quantitative estimate of drug-likeness (QED) is 0.586.